The minimum absolute atomic E-state index is 0.118. The van der Waals surface area contributed by atoms with Crippen LogP contribution in [0.2, 0.25) is 0 Å². The predicted octanol–water partition coefficient (Wildman–Crippen LogP) is 3.26. The Morgan fingerprint density at radius 1 is 1.36 bits per heavy atom. The molecule has 0 aromatic carbocycles. The van der Waals surface area contributed by atoms with Crippen LogP contribution in [0, 0.1) is 5.92 Å². The van der Waals surface area contributed by atoms with Crippen molar-refractivity contribution in [3.63, 3.8) is 0 Å². The number of ether oxygens (including phenoxy) is 2. The Bertz CT molecular complexity index is 597. The van der Waals surface area contributed by atoms with Gasteiger partial charge in [-0.15, -0.1) is 0 Å². The van der Waals surface area contributed by atoms with Gasteiger partial charge in [0.05, 0.1) is 18.3 Å². The SMILES string of the molecule is C=N/C=C(\C=NCCCCCNC)Oc1cc(C(C=O)C(C)C)on1.COC. The summed E-state index contributed by atoms with van der Waals surface area (Å²) in [5.74, 6) is 0.927. The monoisotopic (exact) mass is 394 g/mol. The smallest absolute Gasteiger partial charge is 0.259 e. The van der Waals surface area contributed by atoms with Crippen LogP contribution in [0.5, 0.6) is 5.88 Å². The molecule has 0 amide bonds. The Hall–Kier alpha value is -2.32. The zero-order chi connectivity index (χ0) is 21.2. The summed E-state index contributed by atoms with van der Waals surface area (Å²) >= 11 is 0. The summed E-state index contributed by atoms with van der Waals surface area (Å²) in [6.07, 6.45) is 7.17. The minimum atomic E-state index is -0.346. The van der Waals surface area contributed by atoms with Crippen molar-refractivity contribution < 1.29 is 18.8 Å². The average Bonchev–Trinajstić information content (AvgIpc) is 3.10. The third kappa shape index (κ3) is 11.4. The molecular formula is C20H34N4O4. The van der Waals surface area contributed by atoms with Crippen molar-refractivity contribution in [3.8, 4) is 5.88 Å². The molecule has 1 atom stereocenters. The number of aldehydes is 1. The number of hydrogen-bond donors (Lipinski definition) is 1. The third-order valence-electron chi connectivity index (χ3n) is 3.57. The molecule has 0 saturated carbocycles. The molecule has 1 unspecified atom stereocenters. The highest BCUT2D eigenvalue weighted by Gasteiger charge is 2.20. The lowest BCUT2D eigenvalue weighted by molar-refractivity contribution is -0.110. The number of carbonyl (C=O) groups is 1. The molecule has 1 rings (SSSR count). The van der Waals surface area contributed by atoms with Crippen LogP contribution in [0.15, 0.2) is 32.5 Å². The van der Waals surface area contributed by atoms with Crippen LogP contribution in [-0.4, -0.2) is 58.7 Å². The second-order valence-electron chi connectivity index (χ2n) is 6.40. The first-order valence-corrected chi connectivity index (χ1v) is 9.34. The summed E-state index contributed by atoms with van der Waals surface area (Å²) in [6.45, 7) is 9.04. The molecule has 8 nitrogen and oxygen atoms in total. The fourth-order valence-corrected chi connectivity index (χ4v) is 2.16. The van der Waals surface area contributed by atoms with Gasteiger partial charge in [-0.05, 0) is 44.2 Å². The number of allylic oxidation sites excluding steroid dienone is 1. The third-order valence-corrected chi connectivity index (χ3v) is 3.57. The second-order valence-corrected chi connectivity index (χ2v) is 6.40. The van der Waals surface area contributed by atoms with E-state index in [4.69, 9.17) is 9.26 Å². The van der Waals surface area contributed by atoms with Gasteiger partial charge in [0.25, 0.3) is 5.88 Å². The topological polar surface area (TPSA) is 98.3 Å². The molecule has 0 aliphatic carbocycles. The zero-order valence-electron chi connectivity index (χ0n) is 17.7. The molecule has 0 aliphatic rings. The van der Waals surface area contributed by atoms with Gasteiger partial charge in [-0.2, -0.15) is 0 Å². The molecule has 0 saturated heterocycles. The fraction of sp³-hybridized carbons (Fsp3) is 0.600. The first-order chi connectivity index (χ1) is 13.5. The van der Waals surface area contributed by atoms with Crippen molar-refractivity contribution in [3.05, 3.63) is 23.8 Å². The maximum absolute atomic E-state index is 11.2. The summed E-state index contributed by atoms with van der Waals surface area (Å²) in [7, 11) is 5.20. The van der Waals surface area contributed by atoms with Crippen LogP contribution < -0.4 is 10.1 Å². The lowest BCUT2D eigenvalue weighted by Crippen LogP contribution is -2.07. The summed E-state index contributed by atoms with van der Waals surface area (Å²) in [4.78, 5) is 19.2. The van der Waals surface area contributed by atoms with Crippen LogP contribution in [0.1, 0.15) is 44.8 Å². The Morgan fingerprint density at radius 3 is 2.64 bits per heavy atom. The molecule has 8 heteroatoms. The van der Waals surface area contributed by atoms with Crippen LogP contribution in [0.4, 0.5) is 0 Å². The van der Waals surface area contributed by atoms with Gasteiger partial charge in [0.1, 0.15) is 6.29 Å². The standard InChI is InChI=1S/C18H28N4O3.C2H6O/c1-14(2)16(13-23)17-10-18(22-25-17)24-15(11-20-4)12-21-9-7-5-6-8-19-3;1-3-2/h10-14,16,19H,4-9H2,1-3H3;1-2H3/b15-11+,21-12?;. The first kappa shape index (κ1) is 25.7. The van der Waals surface area contributed by atoms with E-state index in [1.807, 2.05) is 20.9 Å². The van der Waals surface area contributed by atoms with Gasteiger partial charge in [0.2, 0.25) is 0 Å². The molecule has 0 aliphatic heterocycles. The van der Waals surface area contributed by atoms with E-state index in [0.29, 0.717) is 18.1 Å². The Balaban J connectivity index is 0.00000227. The Labute approximate surface area is 168 Å². The summed E-state index contributed by atoms with van der Waals surface area (Å²) in [5, 5.41) is 6.96. The highest BCUT2D eigenvalue weighted by atomic mass is 16.5. The van der Waals surface area contributed by atoms with Gasteiger partial charge in [0.15, 0.2) is 11.5 Å². The van der Waals surface area contributed by atoms with E-state index in [0.717, 1.165) is 32.1 Å². The van der Waals surface area contributed by atoms with Gasteiger partial charge in [-0.1, -0.05) is 20.3 Å². The molecule has 28 heavy (non-hydrogen) atoms. The number of aromatic nitrogens is 1. The van der Waals surface area contributed by atoms with Crippen molar-refractivity contribution in [2.24, 2.45) is 15.9 Å². The lowest BCUT2D eigenvalue weighted by Gasteiger charge is -2.08. The van der Waals surface area contributed by atoms with Crippen molar-refractivity contribution in [1.82, 2.24) is 10.5 Å². The van der Waals surface area contributed by atoms with E-state index in [1.54, 1.807) is 26.5 Å². The van der Waals surface area contributed by atoms with Gasteiger partial charge < -0.3 is 24.1 Å². The second kappa shape index (κ2) is 16.8. The number of methoxy groups -OCH3 is 1. The normalized spacial score (nSPS) is 12.6. The van der Waals surface area contributed by atoms with Crippen LogP contribution in [0.25, 0.3) is 0 Å². The van der Waals surface area contributed by atoms with E-state index in [-0.39, 0.29) is 17.7 Å². The first-order valence-electron chi connectivity index (χ1n) is 9.34. The molecule has 0 spiro atoms. The van der Waals surface area contributed by atoms with Crippen molar-refractivity contribution >= 4 is 19.2 Å². The van der Waals surface area contributed by atoms with Gasteiger partial charge in [-0.3, -0.25) is 9.98 Å². The molecule has 0 bridgehead atoms. The summed E-state index contributed by atoms with van der Waals surface area (Å²) < 4.78 is 15.1. The van der Waals surface area contributed by atoms with Crippen LogP contribution in [0.3, 0.4) is 0 Å². The largest absolute Gasteiger partial charge is 0.433 e. The fourth-order valence-electron chi connectivity index (χ4n) is 2.16. The summed E-state index contributed by atoms with van der Waals surface area (Å²) in [5.41, 5.74) is 0. The van der Waals surface area contributed by atoms with E-state index >= 15 is 0 Å². The highest BCUT2D eigenvalue weighted by Crippen LogP contribution is 2.25. The number of aliphatic imine (C=N–C) groups is 2. The van der Waals surface area contributed by atoms with E-state index in [9.17, 15) is 4.79 Å². The van der Waals surface area contributed by atoms with Crippen LogP contribution in [-0.2, 0) is 9.53 Å². The number of rotatable bonds is 13. The highest BCUT2D eigenvalue weighted by molar-refractivity contribution is 5.76. The number of nitrogens with zero attached hydrogens (tertiary/aromatic N) is 3. The molecule has 0 radical (unpaired) electrons. The van der Waals surface area contributed by atoms with E-state index < -0.39 is 0 Å². The van der Waals surface area contributed by atoms with Crippen molar-refractivity contribution in [1.29, 1.82) is 0 Å². The number of unbranched alkanes of at least 4 members (excludes halogenated alkanes) is 2. The Morgan fingerprint density at radius 2 is 2.07 bits per heavy atom. The summed E-state index contributed by atoms with van der Waals surface area (Å²) in [6, 6.07) is 1.61. The molecule has 0 fully saturated rings. The molecule has 1 heterocycles. The van der Waals surface area contributed by atoms with E-state index in [2.05, 4.69) is 31.9 Å². The number of nitrogens with one attached hydrogen (secondary N) is 1. The minimum Gasteiger partial charge on any atom is -0.433 e. The maximum Gasteiger partial charge on any atom is 0.259 e. The quantitative estimate of drug-likeness (QED) is 0.239. The van der Waals surface area contributed by atoms with Crippen molar-refractivity contribution in [2.75, 3.05) is 34.4 Å². The molecule has 1 N–H and O–H groups in total. The zero-order valence-corrected chi connectivity index (χ0v) is 17.7. The maximum atomic E-state index is 11.2. The van der Waals surface area contributed by atoms with Gasteiger partial charge in [0, 0.05) is 26.8 Å². The number of hydrogen-bond acceptors (Lipinski definition) is 8. The number of carbonyl (C=O) groups excluding carboxylic acids is 1. The molecule has 1 aromatic rings. The molecular weight excluding hydrogens is 360 g/mol. The average molecular weight is 395 g/mol. The van der Waals surface area contributed by atoms with Crippen LogP contribution >= 0.6 is 0 Å². The predicted molar refractivity (Wildman–Crippen MR) is 112 cm³/mol. The lowest BCUT2D eigenvalue weighted by atomic mass is 9.95. The molecule has 1 aromatic heterocycles. The van der Waals surface area contributed by atoms with E-state index in [1.165, 1.54) is 6.20 Å². The van der Waals surface area contributed by atoms with Crippen molar-refractivity contribution in [2.45, 2.75) is 39.0 Å². The Kier molecular flexibility index (Phi) is 15.4. The van der Waals surface area contributed by atoms with Gasteiger partial charge >= 0.3 is 0 Å². The molecule has 158 valence electrons. The van der Waals surface area contributed by atoms with Gasteiger partial charge in [-0.25, -0.2) is 0 Å².